The second kappa shape index (κ2) is 6.94. The molecule has 0 aliphatic carbocycles. The third kappa shape index (κ3) is 10.3. The van der Waals surface area contributed by atoms with E-state index in [1.807, 2.05) is 32.8 Å². The molecule has 2 N–H and O–H groups in total. The molecule has 0 aliphatic rings. The van der Waals surface area contributed by atoms with Gasteiger partial charge in [0.1, 0.15) is 0 Å². The van der Waals surface area contributed by atoms with E-state index in [9.17, 15) is 18.0 Å². The quantitative estimate of drug-likeness (QED) is 0.720. The summed E-state index contributed by atoms with van der Waals surface area (Å²) in [6.07, 6.45) is -4.29. The molecule has 0 aromatic carbocycles. The van der Waals surface area contributed by atoms with Crippen molar-refractivity contribution in [1.82, 2.24) is 15.5 Å². The van der Waals surface area contributed by atoms with Gasteiger partial charge in [0.05, 0.1) is 13.1 Å². The van der Waals surface area contributed by atoms with E-state index in [1.54, 1.807) is 0 Å². The van der Waals surface area contributed by atoms with Crippen molar-refractivity contribution < 1.29 is 18.0 Å². The molecule has 0 unspecified atom stereocenters. The molecule has 0 rings (SSSR count). The van der Waals surface area contributed by atoms with Gasteiger partial charge in [0.2, 0.25) is 5.91 Å². The fourth-order valence-corrected chi connectivity index (χ4v) is 1.63. The number of nitrogens with one attached hydrogen (secondary N) is 2. The Hall–Kier alpha value is -0.820. The topological polar surface area (TPSA) is 44.4 Å². The van der Waals surface area contributed by atoms with Gasteiger partial charge in [-0.15, -0.1) is 0 Å². The van der Waals surface area contributed by atoms with E-state index < -0.39 is 18.6 Å². The van der Waals surface area contributed by atoms with Crippen molar-refractivity contribution >= 4 is 5.91 Å². The average molecular weight is 269 g/mol. The van der Waals surface area contributed by atoms with Crippen LogP contribution in [0.5, 0.6) is 0 Å². The minimum atomic E-state index is -4.29. The summed E-state index contributed by atoms with van der Waals surface area (Å²) in [5.41, 5.74) is -0.122. The van der Waals surface area contributed by atoms with Crippen LogP contribution >= 0.6 is 0 Å². The van der Waals surface area contributed by atoms with Crippen LogP contribution in [0.25, 0.3) is 0 Å². The van der Waals surface area contributed by atoms with Gasteiger partial charge in [0.25, 0.3) is 0 Å². The maximum absolute atomic E-state index is 11.8. The van der Waals surface area contributed by atoms with Gasteiger partial charge in [-0.25, -0.2) is 0 Å². The Morgan fingerprint density at radius 3 is 2.17 bits per heavy atom. The van der Waals surface area contributed by atoms with Gasteiger partial charge in [0.15, 0.2) is 0 Å². The molecule has 0 radical (unpaired) electrons. The van der Waals surface area contributed by atoms with Gasteiger partial charge < -0.3 is 15.5 Å². The summed E-state index contributed by atoms with van der Waals surface area (Å²) in [6.45, 7) is 3.70. The molecule has 1 amide bonds. The first-order chi connectivity index (χ1) is 8.02. The number of carbonyl (C=O) groups is 1. The number of rotatable bonds is 7. The van der Waals surface area contributed by atoms with Crippen molar-refractivity contribution in [3.05, 3.63) is 0 Å². The maximum atomic E-state index is 11.8. The first kappa shape index (κ1) is 17.2. The summed E-state index contributed by atoms with van der Waals surface area (Å²) in [5, 5.41) is 4.67. The molecule has 0 aliphatic heterocycles. The van der Waals surface area contributed by atoms with E-state index in [1.165, 1.54) is 0 Å². The minimum absolute atomic E-state index is 0.122. The summed E-state index contributed by atoms with van der Waals surface area (Å²) in [5.74, 6) is -0.425. The third-order valence-electron chi connectivity index (χ3n) is 2.12. The molecule has 0 heterocycles. The first-order valence-electron chi connectivity index (χ1n) is 5.71. The SMILES string of the molecule is CN(C)CC(C)(C)CNC(=O)CNCC(F)(F)F. The zero-order chi connectivity index (χ0) is 14.4. The van der Waals surface area contributed by atoms with Crippen LogP contribution in [0.15, 0.2) is 0 Å². The predicted molar refractivity (Wildman–Crippen MR) is 64.3 cm³/mol. The molecule has 0 saturated carbocycles. The second-order valence-corrected chi connectivity index (χ2v) is 5.40. The van der Waals surface area contributed by atoms with E-state index in [0.29, 0.717) is 6.54 Å². The highest BCUT2D eigenvalue weighted by molar-refractivity contribution is 5.78. The molecule has 0 spiro atoms. The number of halogens is 3. The molecule has 0 bridgehead atoms. The monoisotopic (exact) mass is 269 g/mol. The van der Waals surface area contributed by atoms with E-state index in [4.69, 9.17) is 0 Å². The molecular weight excluding hydrogens is 247 g/mol. The lowest BCUT2D eigenvalue weighted by atomic mass is 9.93. The lowest BCUT2D eigenvalue weighted by Crippen LogP contribution is -2.44. The molecule has 0 aromatic rings. The van der Waals surface area contributed by atoms with Crippen molar-refractivity contribution in [2.45, 2.75) is 20.0 Å². The Morgan fingerprint density at radius 1 is 1.17 bits per heavy atom. The molecule has 18 heavy (non-hydrogen) atoms. The van der Waals surface area contributed by atoms with E-state index in [0.717, 1.165) is 6.54 Å². The normalized spacial score (nSPS) is 12.9. The van der Waals surface area contributed by atoms with Gasteiger partial charge >= 0.3 is 6.18 Å². The molecule has 0 fully saturated rings. The summed E-state index contributed by atoms with van der Waals surface area (Å²) in [4.78, 5) is 13.3. The minimum Gasteiger partial charge on any atom is -0.354 e. The van der Waals surface area contributed by atoms with Crippen LogP contribution in [0.1, 0.15) is 13.8 Å². The fraction of sp³-hybridized carbons (Fsp3) is 0.909. The van der Waals surface area contributed by atoms with Gasteiger partial charge in [-0.3, -0.25) is 4.79 Å². The summed E-state index contributed by atoms with van der Waals surface area (Å²) in [7, 11) is 3.85. The Labute approximate surface area is 106 Å². The van der Waals surface area contributed by atoms with Gasteiger partial charge in [-0.05, 0) is 19.5 Å². The van der Waals surface area contributed by atoms with Gasteiger partial charge in [-0.1, -0.05) is 13.8 Å². The molecule has 7 heteroatoms. The molecule has 108 valence electrons. The van der Waals surface area contributed by atoms with Crippen molar-refractivity contribution in [2.75, 3.05) is 40.3 Å². The first-order valence-corrected chi connectivity index (χ1v) is 5.71. The van der Waals surface area contributed by atoms with Crippen LogP contribution in [0.2, 0.25) is 0 Å². The summed E-state index contributed by atoms with van der Waals surface area (Å²) >= 11 is 0. The number of alkyl halides is 3. The van der Waals surface area contributed by atoms with Crippen LogP contribution in [0.4, 0.5) is 13.2 Å². The van der Waals surface area contributed by atoms with Crippen LogP contribution in [0.3, 0.4) is 0 Å². The number of hydrogen-bond acceptors (Lipinski definition) is 3. The van der Waals surface area contributed by atoms with Crippen molar-refractivity contribution in [1.29, 1.82) is 0 Å². The molecule has 4 nitrogen and oxygen atoms in total. The van der Waals surface area contributed by atoms with Crippen LogP contribution in [0, 0.1) is 5.41 Å². The summed E-state index contributed by atoms with van der Waals surface area (Å²) < 4.78 is 35.5. The fourth-order valence-electron chi connectivity index (χ4n) is 1.63. The second-order valence-electron chi connectivity index (χ2n) is 5.40. The lowest BCUT2D eigenvalue weighted by molar-refractivity contribution is -0.128. The largest absolute Gasteiger partial charge is 0.401 e. The standard InChI is InChI=1S/C11H22F3N3O/c1-10(2,8-17(3)4)6-16-9(18)5-15-7-11(12,13)14/h15H,5-8H2,1-4H3,(H,16,18). The van der Waals surface area contributed by atoms with E-state index in [2.05, 4.69) is 10.6 Å². The van der Waals surface area contributed by atoms with Crippen LogP contribution in [-0.4, -0.2) is 57.3 Å². The zero-order valence-corrected chi connectivity index (χ0v) is 11.3. The number of amides is 1. The van der Waals surface area contributed by atoms with Crippen molar-refractivity contribution in [3.8, 4) is 0 Å². The smallest absolute Gasteiger partial charge is 0.354 e. The zero-order valence-electron chi connectivity index (χ0n) is 11.3. The highest BCUT2D eigenvalue weighted by Crippen LogP contribution is 2.14. The van der Waals surface area contributed by atoms with Crippen molar-refractivity contribution in [2.24, 2.45) is 5.41 Å². The Morgan fingerprint density at radius 2 is 1.72 bits per heavy atom. The van der Waals surface area contributed by atoms with Crippen LogP contribution < -0.4 is 10.6 Å². The Bertz CT molecular complexity index is 265. The highest BCUT2D eigenvalue weighted by Gasteiger charge is 2.26. The van der Waals surface area contributed by atoms with Gasteiger partial charge in [-0.2, -0.15) is 13.2 Å². The van der Waals surface area contributed by atoms with Gasteiger partial charge in [0, 0.05) is 13.1 Å². The molecular formula is C11H22F3N3O. The molecule has 0 saturated heterocycles. The number of nitrogens with zero attached hydrogens (tertiary/aromatic N) is 1. The number of hydrogen-bond donors (Lipinski definition) is 2. The van der Waals surface area contributed by atoms with E-state index >= 15 is 0 Å². The Balaban J connectivity index is 3.83. The average Bonchev–Trinajstić information content (AvgIpc) is 2.10. The van der Waals surface area contributed by atoms with E-state index in [-0.39, 0.29) is 12.0 Å². The number of carbonyl (C=O) groups excluding carboxylic acids is 1. The Kier molecular flexibility index (Phi) is 6.62. The van der Waals surface area contributed by atoms with Crippen molar-refractivity contribution in [3.63, 3.8) is 0 Å². The summed E-state index contributed by atoms with van der Waals surface area (Å²) in [6, 6.07) is 0. The predicted octanol–water partition coefficient (Wildman–Crippen LogP) is 0.842. The highest BCUT2D eigenvalue weighted by atomic mass is 19.4. The molecule has 0 atom stereocenters. The van der Waals surface area contributed by atoms with Crippen LogP contribution in [-0.2, 0) is 4.79 Å². The maximum Gasteiger partial charge on any atom is 0.401 e. The molecule has 0 aromatic heterocycles. The lowest BCUT2D eigenvalue weighted by Gasteiger charge is -2.28. The third-order valence-corrected chi connectivity index (χ3v) is 2.12.